The Labute approximate surface area is 151 Å². The number of carbonyl (C=O) groups excluding carboxylic acids is 1. The van der Waals surface area contributed by atoms with Gasteiger partial charge in [0.15, 0.2) is 17.2 Å². The van der Waals surface area contributed by atoms with Crippen LogP contribution in [0, 0.1) is 0 Å². The van der Waals surface area contributed by atoms with Gasteiger partial charge in [-0.1, -0.05) is 12.1 Å². The fourth-order valence-electron chi connectivity index (χ4n) is 2.55. The lowest BCUT2D eigenvalue weighted by atomic mass is 10.1. The lowest BCUT2D eigenvalue weighted by Gasteiger charge is -2.11. The zero-order valence-corrected chi connectivity index (χ0v) is 14.8. The SMILES string of the molecule is CCOc1cccc(/C=C2\N=C(c3ccc(OC)cc3)OC2=O)c1OC. The number of carbonyl (C=O) groups is 1. The second kappa shape index (κ2) is 7.74. The molecule has 6 nitrogen and oxygen atoms in total. The highest BCUT2D eigenvalue weighted by atomic mass is 16.6. The van der Waals surface area contributed by atoms with E-state index in [4.69, 9.17) is 18.9 Å². The summed E-state index contributed by atoms with van der Waals surface area (Å²) >= 11 is 0. The van der Waals surface area contributed by atoms with Crippen molar-refractivity contribution in [2.45, 2.75) is 6.92 Å². The first-order valence-corrected chi connectivity index (χ1v) is 8.13. The van der Waals surface area contributed by atoms with Crippen molar-refractivity contribution in [3.63, 3.8) is 0 Å². The van der Waals surface area contributed by atoms with E-state index in [1.54, 1.807) is 44.6 Å². The van der Waals surface area contributed by atoms with Crippen LogP contribution in [0.2, 0.25) is 0 Å². The highest BCUT2D eigenvalue weighted by Crippen LogP contribution is 2.33. The van der Waals surface area contributed by atoms with Gasteiger partial charge in [-0.05, 0) is 43.3 Å². The Kier molecular flexibility index (Phi) is 5.22. The third kappa shape index (κ3) is 3.54. The van der Waals surface area contributed by atoms with Crippen LogP contribution in [-0.4, -0.2) is 32.7 Å². The zero-order chi connectivity index (χ0) is 18.5. The molecule has 2 aromatic rings. The molecule has 0 bridgehead atoms. The van der Waals surface area contributed by atoms with Gasteiger partial charge in [0.05, 0.1) is 20.8 Å². The summed E-state index contributed by atoms with van der Waals surface area (Å²) in [5, 5.41) is 0. The Morgan fingerprint density at radius 3 is 2.50 bits per heavy atom. The van der Waals surface area contributed by atoms with Crippen molar-refractivity contribution in [1.29, 1.82) is 0 Å². The van der Waals surface area contributed by atoms with Gasteiger partial charge in [-0.25, -0.2) is 9.79 Å². The smallest absolute Gasteiger partial charge is 0.363 e. The van der Waals surface area contributed by atoms with Gasteiger partial charge < -0.3 is 18.9 Å². The predicted molar refractivity (Wildman–Crippen MR) is 97.8 cm³/mol. The lowest BCUT2D eigenvalue weighted by molar-refractivity contribution is -0.129. The fraction of sp³-hybridized carbons (Fsp3) is 0.200. The molecule has 2 aromatic carbocycles. The minimum absolute atomic E-state index is 0.197. The van der Waals surface area contributed by atoms with Crippen LogP contribution in [0.1, 0.15) is 18.1 Å². The van der Waals surface area contributed by atoms with Gasteiger partial charge in [-0.15, -0.1) is 0 Å². The van der Waals surface area contributed by atoms with Crippen LogP contribution in [0.25, 0.3) is 6.08 Å². The molecule has 0 amide bonds. The summed E-state index contributed by atoms with van der Waals surface area (Å²) in [4.78, 5) is 16.5. The first-order valence-electron chi connectivity index (χ1n) is 8.13. The molecule has 0 N–H and O–H groups in total. The molecule has 1 heterocycles. The lowest BCUT2D eigenvalue weighted by Crippen LogP contribution is -2.05. The fourth-order valence-corrected chi connectivity index (χ4v) is 2.55. The van der Waals surface area contributed by atoms with Crippen molar-refractivity contribution in [1.82, 2.24) is 0 Å². The molecule has 0 atom stereocenters. The van der Waals surface area contributed by atoms with Gasteiger partial charge in [-0.3, -0.25) is 0 Å². The molecule has 1 aliphatic heterocycles. The van der Waals surface area contributed by atoms with E-state index < -0.39 is 5.97 Å². The number of benzene rings is 2. The van der Waals surface area contributed by atoms with Crippen LogP contribution in [0.5, 0.6) is 17.2 Å². The number of nitrogens with zero attached hydrogens (tertiary/aromatic N) is 1. The van der Waals surface area contributed by atoms with E-state index in [1.165, 1.54) is 0 Å². The second-order valence-corrected chi connectivity index (χ2v) is 5.38. The van der Waals surface area contributed by atoms with E-state index >= 15 is 0 Å². The number of rotatable bonds is 6. The molecule has 0 saturated carbocycles. The third-order valence-electron chi connectivity index (χ3n) is 3.76. The highest BCUT2D eigenvalue weighted by Gasteiger charge is 2.25. The molecule has 3 rings (SSSR count). The zero-order valence-electron chi connectivity index (χ0n) is 14.8. The Hall–Kier alpha value is -3.28. The van der Waals surface area contributed by atoms with E-state index in [1.807, 2.05) is 25.1 Å². The Morgan fingerprint density at radius 2 is 1.85 bits per heavy atom. The number of ether oxygens (including phenoxy) is 4. The summed E-state index contributed by atoms with van der Waals surface area (Å²) in [6.45, 7) is 2.41. The van der Waals surface area contributed by atoms with Crippen molar-refractivity contribution < 1.29 is 23.7 Å². The molecule has 26 heavy (non-hydrogen) atoms. The van der Waals surface area contributed by atoms with Crippen molar-refractivity contribution in [3.05, 3.63) is 59.3 Å². The quantitative estimate of drug-likeness (QED) is 0.588. The number of cyclic esters (lactones) is 1. The number of hydrogen-bond acceptors (Lipinski definition) is 6. The largest absolute Gasteiger partial charge is 0.497 e. The van der Waals surface area contributed by atoms with E-state index in [0.29, 0.717) is 35.0 Å². The highest BCUT2D eigenvalue weighted by molar-refractivity contribution is 6.13. The van der Waals surface area contributed by atoms with E-state index in [2.05, 4.69) is 4.99 Å². The molecule has 0 aromatic heterocycles. The number of aliphatic imine (C=N–C) groups is 1. The first-order chi connectivity index (χ1) is 12.7. The Balaban J connectivity index is 1.94. The number of esters is 1. The number of para-hydroxylation sites is 1. The summed E-state index contributed by atoms with van der Waals surface area (Å²) in [7, 11) is 3.14. The molecule has 0 unspecified atom stereocenters. The number of methoxy groups -OCH3 is 2. The molecule has 6 heteroatoms. The van der Waals surface area contributed by atoms with Gasteiger partial charge in [0.2, 0.25) is 5.90 Å². The maximum Gasteiger partial charge on any atom is 0.363 e. The number of hydrogen-bond donors (Lipinski definition) is 0. The minimum Gasteiger partial charge on any atom is -0.497 e. The van der Waals surface area contributed by atoms with Gasteiger partial charge in [0.1, 0.15) is 5.75 Å². The predicted octanol–water partition coefficient (Wildman–Crippen LogP) is 3.45. The summed E-state index contributed by atoms with van der Waals surface area (Å²) in [6.07, 6.45) is 1.63. The maximum absolute atomic E-state index is 12.2. The van der Waals surface area contributed by atoms with Crippen LogP contribution in [0.3, 0.4) is 0 Å². The molecule has 0 fully saturated rings. The maximum atomic E-state index is 12.2. The van der Waals surface area contributed by atoms with Gasteiger partial charge >= 0.3 is 5.97 Å². The van der Waals surface area contributed by atoms with E-state index in [9.17, 15) is 4.79 Å². The second-order valence-electron chi connectivity index (χ2n) is 5.38. The van der Waals surface area contributed by atoms with E-state index in [-0.39, 0.29) is 11.6 Å². The molecule has 134 valence electrons. The average molecular weight is 353 g/mol. The average Bonchev–Trinajstić information content (AvgIpc) is 3.03. The Bertz CT molecular complexity index is 868. The summed E-state index contributed by atoms with van der Waals surface area (Å²) in [5.74, 6) is 1.60. The minimum atomic E-state index is -0.514. The van der Waals surface area contributed by atoms with Crippen LogP contribution >= 0.6 is 0 Å². The summed E-state index contributed by atoms with van der Waals surface area (Å²) < 4.78 is 21.4. The van der Waals surface area contributed by atoms with Gasteiger partial charge in [0, 0.05) is 11.1 Å². The van der Waals surface area contributed by atoms with E-state index in [0.717, 1.165) is 0 Å². The monoisotopic (exact) mass is 353 g/mol. The molecule has 1 aliphatic rings. The normalized spacial score (nSPS) is 14.8. The van der Waals surface area contributed by atoms with Gasteiger partial charge in [-0.2, -0.15) is 0 Å². The van der Waals surface area contributed by atoms with Crippen molar-refractivity contribution >= 4 is 17.9 Å². The molecule has 0 spiro atoms. The van der Waals surface area contributed by atoms with Crippen LogP contribution in [-0.2, 0) is 9.53 Å². The molecule has 0 aliphatic carbocycles. The molecule has 0 radical (unpaired) electrons. The standard InChI is InChI=1S/C20H19NO5/c1-4-25-17-7-5-6-14(18(17)24-3)12-16-20(22)26-19(21-16)13-8-10-15(23-2)11-9-13/h5-12H,4H2,1-3H3/b16-12-. The van der Waals surface area contributed by atoms with Crippen molar-refractivity contribution in [3.8, 4) is 17.2 Å². The summed E-state index contributed by atoms with van der Waals surface area (Å²) in [5.41, 5.74) is 1.57. The van der Waals surface area contributed by atoms with Gasteiger partial charge in [0.25, 0.3) is 0 Å². The first kappa shape index (κ1) is 17.5. The van der Waals surface area contributed by atoms with Crippen LogP contribution in [0.4, 0.5) is 0 Å². The molecular formula is C20H19NO5. The summed E-state index contributed by atoms with van der Waals surface area (Å²) in [6, 6.07) is 12.6. The third-order valence-corrected chi connectivity index (χ3v) is 3.76. The topological polar surface area (TPSA) is 66.3 Å². The Morgan fingerprint density at radius 1 is 1.08 bits per heavy atom. The van der Waals surface area contributed by atoms with Crippen molar-refractivity contribution in [2.24, 2.45) is 4.99 Å². The van der Waals surface area contributed by atoms with Crippen molar-refractivity contribution in [2.75, 3.05) is 20.8 Å². The van der Waals surface area contributed by atoms with Crippen LogP contribution in [0.15, 0.2) is 53.2 Å². The molecule has 0 saturated heterocycles. The molecular weight excluding hydrogens is 334 g/mol. The van der Waals surface area contributed by atoms with Crippen LogP contribution < -0.4 is 14.2 Å².